The molecule has 1 amide bonds. The van der Waals surface area contributed by atoms with E-state index in [1.165, 1.54) is 17.7 Å². The van der Waals surface area contributed by atoms with Gasteiger partial charge in [0.25, 0.3) is 0 Å². The number of aliphatic carboxylic acids is 1. The Morgan fingerprint density at radius 2 is 2.04 bits per heavy atom. The van der Waals surface area contributed by atoms with Gasteiger partial charge in [0, 0.05) is 44.6 Å². The maximum Gasteiger partial charge on any atom is 0.309 e. The van der Waals surface area contributed by atoms with Crippen LogP contribution in [0.5, 0.6) is 0 Å². The van der Waals surface area contributed by atoms with Crippen LogP contribution in [0.4, 0.5) is 0 Å². The third-order valence-corrected chi connectivity index (χ3v) is 4.50. The highest BCUT2D eigenvalue weighted by molar-refractivity contribution is 5.78. The highest BCUT2D eigenvalue weighted by atomic mass is 16.4. The number of hydrogen-bond donors (Lipinski definition) is 2. The lowest BCUT2D eigenvalue weighted by Gasteiger charge is -2.21. The first-order chi connectivity index (χ1) is 11.1. The molecule has 8 nitrogen and oxygen atoms in total. The first-order valence-corrected chi connectivity index (χ1v) is 7.94. The van der Waals surface area contributed by atoms with Gasteiger partial charge >= 0.3 is 5.97 Å². The van der Waals surface area contributed by atoms with Crippen molar-refractivity contribution < 1.29 is 19.8 Å². The molecule has 126 valence electrons. The number of aliphatic hydroxyl groups is 1. The molecular weight excluding hydrogens is 300 g/mol. The molecule has 2 heterocycles. The molecular formula is C15H22N4O4. The number of carbonyl (C=O) groups excluding carboxylic acids is 1. The van der Waals surface area contributed by atoms with E-state index in [0.29, 0.717) is 32.2 Å². The van der Waals surface area contributed by atoms with Gasteiger partial charge in [-0.15, -0.1) is 0 Å². The summed E-state index contributed by atoms with van der Waals surface area (Å²) >= 11 is 0. The summed E-state index contributed by atoms with van der Waals surface area (Å²) in [6.07, 6.45) is 6.09. The minimum absolute atomic E-state index is 0.141. The quantitative estimate of drug-likeness (QED) is 0.762. The van der Waals surface area contributed by atoms with Gasteiger partial charge in [-0.2, -0.15) is 0 Å². The van der Waals surface area contributed by atoms with Crippen LogP contribution in [-0.2, 0) is 16.1 Å². The van der Waals surface area contributed by atoms with E-state index in [9.17, 15) is 14.7 Å². The minimum Gasteiger partial charge on any atom is -0.481 e. The van der Waals surface area contributed by atoms with Gasteiger partial charge in [0.05, 0.1) is 12.5 Å². The molecule has 1 aromatic heterocycles. The molecule has 2 N–H and O–H groups in total. The Hall–Kier alpha value is -1.93. The first-order valence-electron chi connectivity index (χ1n) is 7.94. The summed E-state index contributed by atoms with van der Waals surface area (Å²) in [5.74, 6) is -1.05. The van der Waals surface area contributed by atoms with E-state index < -0.39 is 24.4 Å². The molecule has 1 saturated heterocycles. The van der Waals surface area contributed by atoms with Crippen molar-refractivity contribution in [3.63, 3.8) is 0 Å². The van der Waals surface area contributed by atoms with Crippen molar-refractivity contribution in [2.75, 3.05) is 32.8 Å². The van der Waals surface area contributed by atoms with Gasteiger partial charge in [0.2, 0.25) is 5.91 Å². The first kappa shape index (κ1) is 15.9. The van der Waals surface area contributed by atoms with Crippen LogP contribution < -0.4 is 0 Å². The van der Waals surface area contributed by atoms with E-state index in [4.69, 9.17) is 5.11 Å². The fraction of sp³-hybridized carbons (Fsp3) is 0.667. The van der Waals surface area contributed by atoms with E-state index in [1.54, 1.807) is 6.20 Å². The van der Waals surface area contributed by atoms with E-state index >= 15 is 0 Å². The second-order valence-corrected chi connectivity index (χ2v) is 6.25. The third kappa shape index (κ3) is 3.70. The predicted octanol–water partition coefficient (Wildman–Crippen LogP) is -0.445. The van der Waals surface area contributed by atoms with Crippen LogP contribution >= 0.6 is 0 Å². The van der Waals surface area contributed by atoms with E-state index in [0.717, 1.165) is 5.82 Å². The summed E-state index contributed by atoms with van der Waals surface area (Å²) in [6.45, 7) is 1.51. The second kappa shape index (κ2) is 6.67. The molecule has 3 rings (SSSR count). The maximum atomic E-state index is 11.7. The summed E-state index contributed by atoms with van der Waals surface area (Å²) in [7, 11) is 0. The number of aromatic nitrogens is 2. The Balaban J connectivity index is 1.70. The molecule has 1 unspecified atom stereocenters. The predicted molar refractivity (Wildman–Crippen MR) is 80.6 cm³/mol. The van der Waals surface area contributed by atoms with Crippen molar-refractivity contribution in [3.05, 3.63) is 18.2 Å². The van der Waals surface area contributed by atoms with Gasteiger partial charge in [-0.25, -0.2) is 4.98 Å². The number of amides is 1. The maximum absolute atomic E-state index is 11.7. The van der Waals surface area contributed by atoms with Gasteiger partial charge in [-0.3, -0.25) is 14.5 Å². The van der Waals surface area contributed by atoms with Crippen molar-refractivity contribution in [2.45, 2.75) is 25.4 Å². The Bertz CT molecular complexity index is 584. The van der Waals surface area contributed by atoms with Gasteiger partial charge in [-0.05, 0) is 12.8 Å². The van der Waals surface area contributed by atoms with Crippen LogP contribution in [-0.4, -0.2) is 74.2 Å². The number of aliphatic hydroxyl groups excluding tert-OH is 1. The summed E-state index contributed by atoms with van der Waals surface area (Å²) in [4.78, 5) is 31.0. The van der Waals surface area contributed by atoms with Crippen LogP contribution in [0.1, 0.15) is 24.7 Å². The molecule has 0 aromatic carbocycles. The normalized spacial score (nSPS) is 22.8. The molecule has 0 bridgehead atoms. The van der Waals surface area contributed by atoms with E-state index in [-0.39, 0.29) is 6.54 Å². The molecule has 2 fully saturated rings. The van der Waals surface area contributed by atoms with E-state index in [1.807, 2.05) is 11.1 Å². The van der Waals surface area contributed by atoms with Gasteiger partial charge in [0.15, 0.2) is 0 Å². The smallest absolute Gasteiger partial charge is 0.309 e. The fourth-order valence-electron chi connectivity index (χ4n) is 3.06. The summed E-state index contributed by atoms with van der Waals surface area (Å²) in [5, 5.41) is 18.4. The Morgan fingerprint density at radius 1 is 1.26 bits per heavy atom. The van der Waals surface area contributed by atoms with Crippen molar-refractivity contribution in [1.82, 2.24) is 19.4 Å². The molecule has 0 radical (unpaired) electrons. The lowest BCUT2D eigenvalue weighted by atomic mass is 10.1. The van der Waals surface area contributed by atoms with Crippen LogP contribution in [0.2, 0.25) is 0 Å². The number of rotatable bonds is 5. The second-order valence-electron chi connectivity index (χ2n) is 6.25. The van der Waals surface area contributed by atoms with Gasteiger partial charge < -0.3 is 19.7 Å². The topological polar surface area (TPSA) is 98.9 Å². The van der Waals surface area contributed by atoms with Crippen molar-refractivity contribution in [3.8, 4) is 0 Å². The fourth-order valence-corrected chi connectivity index (χ4v) is 3.06. The molecule has 23 heavy (non-hydrogen) atoms. The van der Waals surface area contributed by atoms with Gasteiger partial charge in [-0.1, -0.05) is 0 Å². The average molecular weight is 322 g/mol. The SMILES string of the molecule is O=C(O)C1CN(Cc2nccn2C2CC2)CCN(C(=O)CO)C1. The number of carboxylic acids is 1. The zero-order valence-electron chi connectivity index (χ0n) is 13.0. The minimum atomic E-state index is -0.918. The molecule has 1 atom stereocenters. The Kier molecular flexibility index (Phi) is 4.63. The number of carboxylic acid groups (broad SMARTS) is 1. The highest BCUT2D eigenvalue weighted by Gasteiger charge is 2.31. The van der Waals surface area contributed by atoms with Gasteiger partial charge in [0.1, 0.15) is 12.4 Å². The number of hydrogen-bond acceptors (Lipinski definition) is 5. The zero-order chi connectivity index (χ0) is 16.4. The molecule has 1 saturated carbocycles. The Labute approximate surface area is 134 Å². The molecule has 1 aromatic rings. The number of nitrogens with zero attached hydrogens (tertiary/aromatic N) is 4. The molecule has 1 aliphatic carbocycles. The molecule has 8 heteroatoms. The Morgan fingerprint density at radius 3 is 2.70 bits per heavy atom. The standard InChI is InChI=1S/C15H22N4O4/c20-10-14(21)18-6-5-17(7-11(8-18)15(22)23)9-13-16-3-4-19(13)12-1-2-12/h3-4,11-12,20H,1-2,5-10H2,(H,22,23). The zero-order valence-corrected chi connectivity index (χ0v) is 13.0. The van der Waals surface area contributed by atoms with Crippen LogP contribution in [0, 0.1) is 5.92 Å². The summed E-state index contributed by atoms with van der Waals surface area (Å²) in [5.41, 5.74) is 0. The van der Waals surface area contributed by atoms with Crippen molar-refractivity contribution >= 4 is 11.9 Å². The largest absolute Gasteiger partial charge is 0.481 e. The van der Waals surface area contributed by atoms with Crippen LogP contribution in [0.15, 0.2) is 12.4 Å². The average Bonchev–Trinajstić information content (AvgIpc) is 3.31. The number of carbonyl (C=O) groups is 2. The summed E-state index contributed by atoms with van der Waals surface area (Å²) in [6, 6.07) is 0.530. The van der Waals surface area contributed by atoms with Crippen LogP contribution in [0.25, 0.3) is 0 Å². The van der Waals surface area contributed by atoms with Crippen molar-refractivity contribution in [2.24, 2.45) is 5.92 Å². The summed E-state index contributed by atoms with van der Waals surface area (Å²) < 4.78 is 2.16. The van der Waals surface area contributed by atoms with E-state index in [2.05, 4.69) is 9.55 Å². The molecule has 1 aliphatic heterocycles. The third-order valence-electron chi connectivity index (χ3n) is 4.50. The number of imidazole rings is 1. The van der Waals surface area contributed by atoms with Crippen molar-refractivity contribution in [1.29, 1.82) is 0 Å². The highest BCUT2D eigenvalue weighted by Crippen LogP contribution is 2.35. The molecule has 0 spiro atoms. The lowest BCUT2D eigenvalue weighted by Crippen LogP contribution is -2.39. The van der Waals surface area contributed by atoms with Crippen LogP contribution in [0.3, 0.4) is 0 Å². The monoisotopic (exact) mass is 322 g/mol. The lowest BCUT2D eigenvalue weighted by molar-refractivity contribution is -0.144. The molecule has 2 aliphatic rings.